The Morgan fingerprint density at radius 1 is 1.20 bits per heavy atom. The van der Waals surface area contributed by atoms with Gasteiger partial charge in [-0.1, -0.05) is 13.0 Å². The molecule has 0 saturated heterocycles. The van der Waals surface area contributed by atoms with Gasteiger partial charge in [-0.3, -0.25) is 0 Å². The second-order valence-corrected chi connectivity index (χ2v) is 5.40. The first-order valence-corrected chi connectivity index (χ1v) is 8.52. The first kappa shape index (κ1) is 21.3. The SMILES string of the molecule is CCCOc1ccc(CN=C(NCC)NCCn2cccc2)cn1.I. The zero-order valence-electron chi connectivity index (χ0n) is 14.9. The van der Waals surface area contributed by atoms with E-state index in [-0.39, 0.29) is 24.0 Å². The van der Waals surface area contributed by atoms with Gasteiger partial charge in [-0.25, -0.2) is 9.98 Å². The van der Waals surface area contributed by atoms with Crippen LogP contribution in [-0.2, 0) is 13.1 Å². The lowest BCUT2D eigenvalue weighted by molar-refractivity contribution is 0.305. The summed E-state index contributed by atoms with van der Waals surface area (Å²) in [5.41, 5.74) is 1.06. The van der Waals surface area contributed by atoms with Crippen molar-refractivity contribution >= 4 is 29.9 Å². The normalized spacial score (nSPS) is 10.9. The minimum absolute atomic E-state index is 0. The number of rotatable bonds is 9. The van der Waals surface area contributed by atoms with Gasteiger partial charge in [-0.15, -0.1) is 24.0 Å². The Labute approximate surface area is 167 Å². The van der Waals surface area contributed by atoms with E-state index in [1.54, 1.807) is 0 Å². The third-order valence-corrected chi connectivity index (χ3v) is 3.34. The first-order valence-electron chi connectivity index (χ1n) is 8.52. The average molecular weight is 457 g/mol. The molecule has 2 heterocycles. The van der Waals surface area contributed by atoms with Crippen LogP contribution in [0.1, 0.15) is 25.8 Å². The average Bonchev–Trinajstić information content (AvgIpc) is 3.12. The number of aliphatic imine (C=N–C) groups is 1. The molecule has 0 aromatic carbocycles. The van der Waals surface area contributed by atoms with Crippen molar-refractivity contribution in [3.05, 3.63) is 48.4 Å². The lowest BCUT2D eigenvalue weighted by Gasteiger charge is -2.11. The Morgan fingerprint density at radius 3 is 2.64 bits per heavy atom. The molecular formula is C18H28IN5O. The standard InChI is InChI=1S/C18H27N5O.HI/c1-3-13-24-17-8-7-16(14-21-17)15-22-18(19-4-2)20-9-12-23-10-5-6-11-23;/h5-8,10-11,14H,3-4,9,12-13,15H2,1-2H3,(H2,19,20,22);1H. The van der Waals surface area contributed by atoms with Crippen molar-refractivity contribution in [1.82, 2.24) is 20.2 Å². The molecule has 0 bridgehead atoms. The molecule has 6 nitrogen and oxygen atoms in total. The zero-order valence-corrected chi connectivity index (χ0v) is 17.3. The van der Waals surface area contributed by atoms with E-state index in [1.165, 1.54) is 0 Å². The lowest BCUT2D eigenvalue weighted by atomic mass is 10.3. The molecule has 0 atom stereocenters. The molecule has 2 aromatic rings. The van der Waals surface area contributed by atoms with E-state index in [0.29, 0.717) is 19.0 Å². The van der Waals surface area contributed by atoms with E-state index in [1.807, 2.05) is 30.5 Å². The summed E-state index contributed by atoms with van der Waals surface area (Å²) in [6.07, 6.45) is 6.91. The lowest BCUT2D eigenvalue weighted by Crippen LogP contribution is -2.38. The summed E-state index contributed by atoms with van der Waals surface area (Å²) in [7, 11) is 0. The number of pyridine rings is 1. The fraction of sp³-hybridized carbons (Fsp3) is 0.444. The minimum atomic E-state index is 0. The van der Waals surface area contributed by atoms with Gasteiger partial charge in [0.25, 0.3) is 0 Å². The first-order chi connectivity index (χ1) is 11.8. The van der Waals surface area contributed by atoms with E-state index in [0.717, 1.165) is 37.6 Å². The van der Waals surface area contributed by atoms with Gasteiger partial charge in [0.2, 0.25) is 5.88 Å². The summed E-state index contributed by atoms with van der Waals surface area (Å²) in [6, 6.07) is 7.96. The van der Waals surface area contributed by atoms with Crippen LogP contribution in [0, 0.1) is 0 Å². The molecule has 2 aromatic heterocycles. The van der Waals surface area contributed by atoms with Gasteiger partial charge >= 0.3 is 0 Å². The molecule has 2 rings (SSSR count). The quantitative estimate of drug-likeness (QED) is 0.345. The molecule has 0 aliphatic carbocycles. The van der Waals surface area contributed by atoms with Crippen LogP contribution in [-0.4, -0.2) is 35.2 Å². The fourth-order valence-electron chi connectivity index (χ4n) is 2.13. The summed E-state index contributed by atoms with van der Waals surface area (Å²) >= 11 is 0. The van der Waals surface area contributed by atoms with Crippen molar-refractivity contribution in [3.63, 3.8) is 0 Å². The van der Waals surface area contributed by atoms with Crippen LogP contribution < -0.4 is 15.4 Å². The predicted octanol–water partition coefficient (Wildman–Crippen LogP) is 3.05. The Kier molecular flexibility index (Phi) is 10.7. The number of aromatic nitrogens is 2. The van der Waals surface area contributed by atoms with Crippen molar-refractivity contribution in [2.45, 2.75) is 33.4 Å². The summed E-state index contributed by atoms with van der Waals surface area (Å²) in [5.74, 6) is 1.48. The predicted molar refractivity (Wildman–Crippen MR) is 113 cm³/mol. The number of guanidine groups is 1. The number of halogens is 1. The van der Waals surface area contributed by atoms with Crippen molar-refractivity contribution in [2.24, 2.45) is 4.99 Å². The van der Waals surface area contributed by atoms with Crippen LogP contribution in [0.5, 0.6) is 5.88 Å². The zero-order chi connectivity index (χ0) is 17.0. The maximum atomic E-state index is 5.49. The molecule has 2 N–H and O–H groups in total. The van der Waals surface area contributed by atoms with Gasteiger partial charge in [0.05, 0.1) is 13.2 Å². The molecule has 0 radical (unpaired) electrons. The van der Waals surface area contributed by atoms with E-state index in [9.17, 15) is 0 Å². The van der Waals surface area contributed by atoms with Gasteiger partial charge in [0, 0.05) is 44.3 Å². The number of nitrogens with one attached hydrogen (secondary N) is 2. The van der Waals surface area contributed by atoms with Gasteiger partial charge < -0.3 is 19.9 Å². The van der Waals surface area contributed by atoms with Crippen molar-refractivity contribution < 1.29 is 4.74 Å². The maximum absolute atomic E-state index is 5.49. The summed E-state index contributed by atoms with van der Waals surface area (Å²) in [5, 5.41) is 6.60. The van der Waals surface area contributed by atoms with Crippen LogP contribution in [0.4, 0.5) is 0 Å². The smallest absolute Gasteiger partial charge is 0.213 e. The number of nitrogens with zero attached hydrogens (tertiary/aromatic N) is 3. The Hall–Kier alpha value is -1.77. The fourth-order valence-corrected chi connectivity index (χ4v) is 2.13. The third kappa shape index (κ3) is 8.24. The highest BCUT2D eigenvalue weighted by molar-refractivity contribution is 14.0. The number of hydrogen-bond acceptors (Lipinski definition) is 3. The molecule has 0 saturated carbocycles. The van der Waals surface area contributed by atoms with Crippen LogP contribution in [0.15, 0.2) is 47.8 Å². The molecule has 0 aliphatic rings. The molecular weight excluding hydrogens is 429 g/mol. The highest BCUT2D eigenvalue weighted by Gasteiger charge is 1.99. The highest BCUT2D eigenvalue weighted by atomic mass is 127. The second-order valence-electron chi connectivity index (χ2n) is 5.40. The number of ether oxygens (including phenoxy) is 1. The summed E-state index contributed by atoms with van der Waals surface area (Å²) in [4.78, 5) is 8.90. The van der Waals surface area contributed by atoms with Gasteiger partial charge in [-0.05, 0) is 31.0 Å². The highest BCUT2D eigenvalue weighted by Crippen LogP contribution is 2.08. The number of hydrogen-bond donors (Lipinski definition) is 2. The Bertz CT molecular complexity index is 598. The van der Waals surface area contributed by atoms with E-state index < -0.39 is 0 Å². The summed E-state index contributed by atoms with van der Waals surface area (Å²) in [6.45, 7) is 7.97. The topological polar surface area (TPSA) is 63.5 Å². The van der Waals surface area contributed by atoms with Crippen LogP contribution in [0.3, 0.4) is 0 Å². The molecule has 0 fully saturated rings. The molecule has 0 unspecified atom stereocenters. The van der Waals surface area contributed by atoms with Crippen molar-refractivity contribution in [3.8, 4) is 5.88 Å². The third-order valence-electron chi connectivity index (χ3n) is 3.34. The van der Waals surface area contributed by atoms with Gasteiger partial charge in [0.15, 0.2) is 5.96 Å². The molecule has 0 spiro atoms. The van der Waals surface area contributed by atoms with Crippen molar-refractivity contribution in [2.75, 3.05) is 19.7 Å². The summed E-state index contributed by atoms with van der Waals surface area (Å²) < 4.78 is 7.62. The molecule has 25 heavy (non-hydrogen) atoms. The Balaban J connectivity index is 0.00000312. The molecule has 7 heteroatoms. The van der Waals surface area contributed by atoms with Crippen molar-refractivity contribution in [1.29, 1.82) is 0 Å². The van der Waals surface area contributed by atoms with E-state index >= 15 is 0 Å². The molecule has 138 valence electrons. The molecule has 0 amide bonds. The maximum Gasteiger partial charge on any atom is 0.213 e. The van der Waals surface area contributed by atoms with Gasteiger partial charge in [-0.2, -0.15) is 0 Å². The molecule has 0 aliphatic heterocycles. The van der Waals surface area contributed by atoms with Crippen LogP contribution in [0.25, 0.3) is 0 Å². The largest absolute Gasteiger partial charge is 0.478 e. The van der Waals surface area contributed by atoms with Crippen LogP contribution in [0.2, 0.25) is 0 Å². The van der Waals surface area contributed by atoms with Crippen LogP contribution >= 0.6 is 24.0 Å². The Morgan fingerprint density at radius 2 is 2.00 bits per heavy atom. The van der Waals surface area contributed by atoms with E-state index in [2.05, 4.69) is 51.4 Å². The van der Waals surface area contributed by atoms with E-state index in [4.69, 9.17) is 4.74 Å². The second kappa shape index (κ2) is 12.6. The minimum Gasteiger partial charge on any atom is -0.478 e. The monoisotopic (exact) mass is 457 g/mol. The van der Waals surface area contributed by atoms with Gasteiger partial charge in [0.1, 0.15) is 0 Å².